The van der Waals surface area contributed by atoms with Crippen LogP contribution in [0.2, 0.25) is 0 Å². The average molecular weight is 402 g/mol. The highest BCUT2D eigenvalue weighted by Gasteiger charge is 2.25. The third kappa shape index (κ3) is 6.34. The van der Waals surface area contributed by atoms with Crippen molar-refractivity contribution in [1.82, 2.24) is 20.4 Å². The van der Waals surface area contributed by atoms with Gasteiger partial charge in [-0.1, -0.05) is 19.1 Å². The molecule has 0 saturated carbocycles. The molecule has 2 unspecified atom stereocenters. The van der Waals surface area contributed by atoms with E-state index in [1.807, 2.05) is 13.1 Å². The third-order valence-corrected chi connectivity index (χ3v) is 6.21. The van der Waals surface area contributed by atoms with Gasteiger partial charge in [0.25, 0.3) is 0 Å². The summed E-state index contributed by atoms with van der Waals surface area (Å²) in [6.07, 6.45) is 5.09. The summed E-state index contributed by atoms with van der Waals surface area (Å²) >= 11 is 0. The summed E-state index contributed by atoms with van der Waals surface area (Å²) in [4.78, 5) is 9.62. The normalized spacial score (nSPS) is 22.0. The Balaban J connectivity index is 1.54. The van der Waals surface area contributed by atoms with Crippen molar-refractivity contribution < 1.29 is 4.74 Å². The van der Waals surface area contributed by atoms with Gasteiger partial charge < -0.3 is 20.3 Å². The van der Waals surface area contributed by atoms with Crippen molar-refractivity contribution in [3.8, 4) is 5.75 Å². The summed E-state index contributed by atoms with van der Waals surface area (Å²) in [5.41, 5.74) is 1.31. The smallest absolute Gasteiger partial charge is 0.191 e. The SMILES string of the molecule is CCCN1CCC(CNC(=NC)NCC(c2cccc(OC)c2)N2CCCC2)C1. The van der Waals surface area contributed by atoms with E-state index in [2.05, 4.69) is 50.5 Å². The first kappa shape index (κ1) is 21.9. The number of nitrogens with zero attached hydrogens (tertiary/aromatic N) is 3. The van der Waals surface area contributed by atoms with E-state index in [4.69, 9.17) is 4.74 Å². The number of likely N-dealkylation sites (tertiary alicyclic amines) is 2. The Morgan fingerprint density at radius 2 is 2.07 bits per heavy atom. The number of methoxy groups -OCH3 is 1. The molecule has 1 aromatic carbocycles. The molecule has 0 bridgehead atoms. The van der Waals surface area contributed by atoms with Gasteiger partial charge in [-0.05, 0) is 75.5 Å². The number of guanidine groups is 1. The summed E-state index contributed by atoms with van der Waals surface area (Å²) in [6.45, 7) is 10.1. The molecule has 6 heteroatoms. The number of hydrogen-bond donors (Lipinski definition) is 2. The highest BCUT2D eigenvalue weighted by atomic mass is 16.5. The first-order valence-electron chi connectivity index (χ1n) is 11.3. The predicted molar refractivity (Wildman–Crippen MR) is 121 cm³/mol. The second-order valence-corrected chi connectivity index (χ2v) is 8.32. The number of aliphatic imine (C=N–C) groups is 1. The van der Waals surface area contributed by atoms with Crippen LogP contribution in [0.4, 0.5) is 0 Å². The number of hydrogen-bond acceptors (Lipinski definition) is 4. The second-order valence-electron chi connectivity index (χ2n) is 8.32. The molecule has 2 aliphatic rings. The van der Waals surface area contributed by atoms with Crippen LogP contribution in [-0.2, 0) is 0 Å². The Morgan fingerprint density at radius 3 is 2.79 bits per heavy atom. The zero-order valence-electron chi connectivity index (χ0n) is 18.5. The monoisotopic (exact) mass is 401 g/mol. The zero-order valence-corrected chi connectivity index (χ0v) is 18.5. The van der Waals surface area contributed by atoms with Crippen LogP contribution in [0.3, 0.4) is 0 Å². The van der Waals surface area contributed by atoms with Gasteiger partial charge in [0, 0.05) is 26.7 Å². The van der Waals surface area contributed by atoms with E-state index in [1.165, 1.54) is 50.9 Å². The zero-order chi connectivity index (χ0) is 20.5. The Kier molecular flexibility index (Phi) is 8.62. The van der Waals surface area contributed by atoms with Gasteiger partial charge in [0.05, 0.1) is 13.2 Å². The average Bonchev–Trinajstić information content (AvgIpc) is 3.43. The lowest BCUT2D eigenvalue weighted by Crippen LogP contribution is -2.44. The Labute approximate surface area is 176 Å². The van der Waals surface area contributed by atoms with E-state index in [-0.39, 0.29) is 0 Å². The summed E-state index contributed by atoms with van der Waals surface area (Å²) in [6, 6.07) is 8.82. The van der Waals surface area contributed by atoms with Crippen LogP contribution in [0, 0.1) is 5.92 Å². The molecule has 2 fully saturated rings. The molecule has 29 heavy (non-hydrogen) atoms. The number of benzene rings is 1. The molecule has 0 aliphatic carbocycles. The van der Waals surface area contributed by atoms with E-state index in [9.17, 15) is 0 Å². The van der Waals surface area contributed by atoms with Crippen LogP contribution in [0.5, 0.6) is 5.75 Å². The molecule has 2 N–H and O–H groups in total. The molecule has 3 rings (SSSR count). The van der Waals surface area contributed by atoms with E-state index in [1.54, 1.807) is 7.11 Å². The van der Waals surface area contributed by atoms with Crippen LogP contribution >= 0.6 is 0 Å². The van der Waals surface area contributed by atoms with E-state index in [0.29, 0.717) is 12.0 Å². The minimum absolute atomic E-state index is 0.331. The minimum Gasteiger partial charge on any atom is -0.497 e. The molecule has 162 valence electrons. The molecular weight excluding hydrogens is 362 g/mol. The molecule has 0 spiro atoms. The number of nitrogens with one attached hydrogen (secondary N) is 2. The fourth-order valence-electron chi connectivity index (χ4n) is 4.61. The molecule has 2 saturated heterocycles. The van der Waals surface area contributed by atoms with Gasteiger partial charge in [0.1, 0.15) is 5.75 Å². The Hall–Kier alpha value is -1.79. The lowest BCUT2D eigenvalue weighted by molar-refractivity contribution is 0.245. The Morgan fingerprint density at radius 1 is 1.24 bits per heavy atom. The first-order chi connectivity index (χ1) is 14.2. The maximum atomic E-state index is 5.46. The molecule has 6 nitrogen and oxygen atoms in total. The molecule has 0 aromatic heterocycles. The fraction of sp³-hybridized carbons (Fsp3) is 0.696. The van der Waals surface area contributed by atoms with Gasteiger partial charge in [0.2, 0.25) is 0 Å². The fourth-order valence-corrected chi connectivity index (χ4v) is 4.61. The van der Waals surface area contributed by atoms with Gasteiger partial charge in [-0.2, -0.15) is 0 Å². The van der Waals surface area contributed by atoms with Crippen LogP contribution in [0.15, 0.2) is 29.3 Å². The van der Waals surface area contributed by atoms with Gasteiger partial charge in [-0.15, -0.1) is 0 Å². The van der Waals surface area contributed by atoms with Crippen molar-refractivity contribution in [2.24, 2.45) is 10.9 Å². The van der Waals surface area contributed by atoms with E-state index >= 15 is 0 Å². The predicted octanol–water partition coefficient (Wildman–Crippen LogP) is 2.73. The van der Waals surface area contributed by atoms with Crippen molar-refractivity contribution >= 4 is 5.96 Å². The van der Waals surface area contributed by atoms with Crippen LogP contribution in [0.25, 0.3) is 0 Å². The molecular formula is C23H39N5O. The van der Waals surface area contributed by atoms with Crippen LogP contribution in [-0.4, -0.2) is 75.7 Å². The maximum absolute atomic E-state index is 5.46. The van der Waals surface area contributed by atoms with E-state index in [0.717, 1.165) is 37.9 Å². The Bertz CT molecular complexity index is 644. The first-order valence-corrected chi connectivity index (χ1v) is 11.3. The minimum atomic E-state index is 0.331. The van der Waals surface area contributed by atoms with Crippen molar-refractivity contribution in [3.05, 3.63) is 29.8 Å². The molecule has 0 radical (unpaired) electrons. The largest absolute Gasteiger partial charge is 0.497 e. The van der Waals surface area contributed by atoms with Crippen molar-refractivity contribution in [2.45, 2.75) is 38.6 Å². The van der Waals surface area contributed by atoms with Gasteiger partial charge in [0.15, 0.2) is 5.96 Å². The highest BCUT2D eigenvalue weighted by Crippen LogP contribution is 2.27. The number of rotatable bonds is 9. The van der Waals surface area contributed by atoms with Gasteiger partial charge in [-0.25, -0.2) is 0 Å². The van der Waals surface area contributed by atoms with Crippen molar-refractivity contribution in [1.29, 1.82) is 0 Å². The third-order valence-electron chi connectivity index (χ3n) is 6.21. The summed E-state index contributed by atoms with van der Waals surface area (Å²) in [7, 11) is 3.60. The van der Waals surface area contributed by atoms with Crippen molar-refractivity contribution in [3.63, 3.8) is 0 Å². The topological polar surface area (TPSA) is 52.1 Å². The highest BCUT2D eigenvalue weighted by molar-refractivity contribution is 5.79. The van der Waals surface area contributed by atoms with Crippen molar-refractivity contribution in [2.75, 3.05) is 60.0 Å². The second kappa shape index (κ2) is 11.4. The standard InChI is InChI=1S/C23H39N5O/c1-4-11-27-14-10-19(18-27)16-25-23(24-2)26-17-22(28-12-5-6-13-28)20-8-7-9-21(15-20)29-3/h7-9,15,19,22H,4-6,10-14,16-18H2,1-3H3,(H2,24,25,26). The molecule has 1 aromatic rings. The molecule has 2 aliphatic heterocycles. The lowest BCUT2D eigenvalue weighted by Gasteiger charge is -2.29. The summed E-state index contributed by atoms with van der Waals surface area (Å²) < 4.78 is 5.46. The van der Waals surface area contributed by atoms with Crippen LogP contribution in [0.1, 0.15) is 44.2 Å². The quantitative estimate of drug-likeness (QED) is 0.492. The van der Waals surface area contributed by atoms with Gasteiger partial charge >= 0.3 is 0 Å². The molecule has 2 atom stereocenters. The molecule has 2 heterocycles. The summed E-state index contributed by atoms with van der Waals surface area (Å²) in [5.74, 6) is 2.55. The van der Waals surface area contributed by atoms with Gasteiger partial charge in [-0.3, -0.25) is 9.89 Å². The number of ether oxygens (including phenoxy) is 1. The summed E-state index contributed by atoms with van der Waals surface area (Å²) in [5, 5.41) is 7.15. The molecule has 0 amide bonds. The van der Waals surface area contributed by atoms with Crippen LogP contribution < -0.4 is 15.4 Å². The maximum Gasteiger partial charge on any atom is 0.191 e. The van der Waals surface area contributed by atoms with E-state index < -0.39 is 0 Å². The lowest BCUT2D eigenvalue weighted by atomic mass is 10.1.